The predicted octanol–water partition coefficient (Wildman–Crippen LogP) is 4.57. The molecule has 1 aliphatic heterocycles. The van der Waals surface area contributed by atoms with Crippen molar-refractivity contribution in [1.82, 2.24) is 9.97 Å². The minimum atomic E-state index is -4.78. The highest BCUT2D eigenvalue weighted by molar-refractivity contribution is 7.91. The molecule has 33 heavy (non-hydrogen) atoms. The fourth-order valence-electron chi connectivity index (χ4n) is 3.56. The van der Waals surface area contributed by atoms with E-state index in [0.717, 1.165) is 13.2 Å². The van der Waals surface area contributed by atoms with E-state index in [9.17, 15) is 31.0 Å². The molecule has 2 aromatic heterocycles. The molecule has 13 heteroatoms. The van der Waals surface area contributed by atoms with Gasteiger partial charge in [0.2, 0.25) is 0 Å². The Hall–Kier alpha value is -2.83. The number of pyridine rings is 2. The number of amides is 1. The predicted molar refractivity (Wildman–Crippen MR) is 112 cm³/mol. The zero-order valence-electron chi connectivity index (χ0n) is 18.0. The van der Waals surface area contributed by atoms with Crippen LogP contribution in [0.25, 0.3) is 0 Å². The summed E-state index contributed by atoms with van der Waals surface area (Å²) >= 11 is 0. The molecule has 1 unspecified atom stereocenters. The molecule has 0 radical (unpaired) electrons. The molecule has 2 atom stereocenters. The van der Waals surface area contributed by atoms with E-state index in [1.807, 2.05) is 0 Å². The monoisotopic (exact) mass is 491 g/mol. The van der Waals surface area contributed by atoms with Crippen molar-refractivity contribution in [1.29, 1.82) is 4.78 Å². The van der Waals surface area contributed by atoms with Crippen LogP contribution in [0.15, 0.2) is 29.6 Å². The highest BCUT2D eigenvalue weighted by Gasteiger charge is 2.43. The minimum absolute atomic E-state index is 0.0631. The summed E-state index contributed by atoms with van der Waals surface area (Å²) in [5, 5.41) is 2.31. The molecule has 1 aliphatic rings. The third-order valence-corrected chi connectivity index (χ3v) is 6.49. The van der Waals surface area contributed by atoms with Gasteiger partial charge in [-0.25, -0.2) is 27.7 Å². The Balaban J connectivity index is 2.06. The lowest BCUT2D eigenvalue weighted by molar-refractivity contribution is -0.138. The maximum atomic E-state index is 13.9. The molecule has 2 N–H and O–H groups in total. The number of rotatable bonds is 4. The van der Waals surface area contributed by atoms with Gasteiger partial charge in [0, 0.05) is 49.8 Å². The Bertz CT molecular complexity index is 1180. The van der Waals surface area contributed by atoms with Crippen molar-refractivity contribution < 1.29 is 31.0 Å². The Morgan fingerprint density at radius 1 is 1.33 bits per heavy atom. The number of hydrogen-bond donors (Lipinski definition) is 2. The number of aromatic nitrogens is 2. The van der Waals surface area contributed by atoms with Crippen LogP contribution in [0.2, 0.25) is 0 Å². The second-order valence-electron chi connectivity index (χ2n) is 8.03. The number of halogens is 5. The number of alkyl halides is 5. The third kappa shape index (κ3) is 5.23. The fourth-order valence-corrected chi connectivity index (χ4v) is 4.17. The van der Waals surface area contributed by atoms with Crippen LogP contribution in [-0.2, 0) is 15.9 Å². The first-order valence-corrected chi connectivity index (χ1v) is 11.8. The van der Waals surface area contributed by atoms with E-state index in [-0.39, 0.29) is 29.6 Å². The summed E-state index contributed by atoms with van der Waals surface area (Å²) in [4.78, 5) is 22.2. The lowest BCUT2D eigenvalue weighted by atomic mass is 9.94. The molecule has 3 heterocycles. The fraction of sp³-hybridized carbons (Fsp3) is 0.450. The van der Waals surface area contributed by atoms with Crippen LogP contribution < -0.4 is 10.2 Å². The first kappa shape index (κ1) is 24.8. The summed E-state index contributed by atoms with van der Waals surface area (Å²) in [5.41, 5.74) is -1.86. The topological polar surface area (TPSA) is 99.0 Å². The molecule has 1 fully saturated rings. The van der Waals surface area contributed by atoms with Crippen molar-refractivity contribution in [2.75, 3.05) is 29.6 Å². The number of anilines is 2. The molecule has 1 saturated heterocycles. The third-order valence-electron chi connectivity index (χ3n) is 5.47. The van der Waals surface area contributed by atoms with Gasteiger partial charge in [-0.2, -0.15) is 13.2 Å². The molecular weight excluding hydrogens is 469 g/mol. The van der Waals surface area contributed by atoms with Crippen molar-refractivity contribution >= 4 is 27.1 Å². The smallest absolute Gasteiger partial charge is 0.355 e. The number of nitrogens with zero attached hydrogens (tertiary/aromatic N) is 3. The van der Waals surface area contributed by atoms with Gasteiger partial charge >= 0.3 is 6.18 Å². The van der Waals surface area contributed by atoms with Gasteiger partial charge < -0.3 is 10.2 Å². The second kappa shape index (κ2) is 8.50. The molecule has 2 aromatic rings. The van der Waals surface area contributed by atoms with Gasteiger partial charge in [-0.3, -0.25) is 4.79 Å². The SMILES string of the molecule is Cc1c(C(F)(F)F)cnc(N2CCC(F)(F)[C@H](C)C2)c1C(=O)Nc1ccnc(S(C)(=N)=O)c1. The van der Waals surface area contributed by atoms with Gasteiger partial charge in [0.05, 0.1) is 20.9 Å². The van der Waals surface area contributed by atoms with Crippen LogP contribution in [0.1, 0.15) is 34.8 Å². The number of piperidine rings is 1. The zero-order valence-corrected chi connectivity index (χ0v) is 18.8. The molecule has 0 aliphatic carbocycles. The van der Waals surface area contributed by atoms with Gasteiger partial charge in [0.25, 0.3) is 11.8 Å². The second-order valence-corrected chi connectivity index (χ2v) is 10.1. The minimum Gasteiger partial charge on any atom is -0.355 e. The molecule has 0 spiro atoms. The highest BCUT2D eigenvalue weighted by Crippen LogP contribution is 2.39. The quantitative estimate of drug-likeness (QED) is 0.611. The standard InChI is InChI=1S/C20H22F5N5O2S/c1-11-10-30(7-5-19(11,21)22)17-16(12(2)14(9-28-17)20(23,24)25)18(31)29-13-4-6-27-15(8-13)33(3,26)32/h4,6,8-9,11,26H,5,7,10H2,1-3H3,(H,27,29,31)/t11-,33?/m1/s1. The van der Waals surface area contributed by atoms with Gasteiger partial charge in [-0.15, -0.1) is 0 Å². The summed E-state index contributed by atoms with van der Waals surface area (Å²) in [7, 11) is -3.21. The van der Waals surface area contributed by atoms with E-state index >= 15 is 0 Å². The van der Waals surface area contributed by atoms with E-state index in [0.29, 0.717) is 6.20 Å². The van der Waals surface area contributed by atoms with E-state index in [1.165, 1.54) is 30.2 Å². The maximum Gasteiger partial charge on any atom is 0.418 e. The van der Waals surface area contributed by atoms with Gasteiger partial charge in [-0.1, -0.05) is 6.92 Å². The normalized spacial score (nSPS) is 20.2. The Kier molecular flexibility index (Phi) is 6.39. The lowest BCUT2D eigenvalue weighted by Crippen LogP contribution is -2.47. The first-order chi connectivity index (χ1) is 15.1. The number of hydrogen-bond acceptors (Lipinski definition) is 6. The number of carbonyl (C=O) groups excluding carboxylic acids is 1. The summed E-state index contributed by atoms with van der Waals surface area (Å²) in [6.45, 7) is 2.06. The van der Waals surface area contributed by atoms with Crippen LogP contribution in [-0.4, -0.2) is 45.4 Å². The van der Waals surface area contributed by atoms with E-state index in [1.54, 1.807) is 0 Å². The van der Waals surface area contributed by atoms with Gasteiger partial charge in [0.15, 0.2) is 0 Å². The Labute approximate surface area is 187 Å². The Morgan fingerprint density at radius 3 is 2.58 bits per heavy atom. The van der Waals surface area contributed by atoms with Gasteiger partial charge in [-0.05, 0) is 24.6 Å². The van der Waals surface area contributed by atoms with Crippen LogP contribution >= 0.6 is 0 Å². The molecule has 7 nitrogen and oxygen atoms in total. The van der Waals surface area contributed by atoms with Crippen molar-refractivity contribution in [3.63, 3.8) is 0 Å². The summed E-state index contributed by atoms with van der Waals surface area (Å²) in [5.74, 6) is -5.11. The van der Waals surface area contributed by atoms with Crippen LogP contribution in [0.4, 0.5) is 33.5 Å². The average Bonchev–Trinajstić information content (AvgIpc) is 2.68. The van der Waals surface area contributed by atoms with E-state index < -0.39 is 56.8 Å². The summed E-state index contributed by atoms with van der Waals surface area (Å²) in [6, 6.07) is 2.51. The largest absolute Gasteiger partial charge is 0.418 e. The summed E-state index contributed by atoms with van der Waals surface area (Å²) < 4.78 is 87.9. The van der Waals surface area contributed by atoms with E-state index in [2.05, 4.69) is 15.3 Å². The molecule has 0 aromatic carbocycles. The molecule has 180 valence electrons. The molecule has 3 rings (SSSR count). The maximum absolute atomic E-state index is 13.9. The molecule has 0 bridgehead atoms. The van der Waals surface area contributed by atoms with Crippen LogP contribution in [0.3, 0.4) is 0 Å². The van der Waals surface area contributed by atoms with Gasteiger partial charge in [0.1, 0.15) is 10.8 Å². The number of nitrogens with one attached hydrogen (secondary N) is 2. The van der Waals surface area contributed by atoms with Crippen molar-refractivity contribution in [3.05, 3.63) is 41.2 Å². The van der Waals surface area contributed by atoms with Crippen molar-refractivity contribution in [3.8, 4) is 0 Å². The van der Waals surface area contributed by atoms with Crippen LogP contribution in [0.5, 0.6) is 0 Å². The van der Waals surface area contributed by atoms with Crippen LogP contribution in [0, 0.1) is 17.6 Å². The average molecular weight is 491 g/mol. The highest BCUT2D eigenvalue weighted by atomic mass is 32.2. The molecule has 0 saturated carbocycles. The zero-order chi connectivity index (χ0) is 24.8. The summed E-state index contributed by atoms with van der Waals surface area (Å²) in [6.07, 6.45) is -2.38. The number of carbonyl (C=O) groups is 1. The van der Waals surface area contributed by atoms with E-state index in [4.69, 9.17) is 4.78 Å². The molecular formula is C20H22F5N5O2S. The van der Waals surface area contributed by atoms with Crippen molar-refractivity contribution in [2.24, 2.45) is 5.92 Å². The first-order valence-electron chi connectivity index (χ1n) is 9.82. The van der Waals surface area contributed by atoms with Crippen molar-refractivity contribution in [2.45, 2.75) is 37.4 Å². The lowest BCUT2D eigenvalue weighted by Gasteiger charge is -2.38. The Morgan fingerprint density at radius 2 is 2.00 bits per heavy atom. The molecule has 1 amide bonds.